The van der Waals surface area contributed by atoms with E-state index in [1.165, 1.54) is 30.5 Å². The highest BCUT2D eigenvalue weighted by Gasteiger charge is 2.48. The molecule has 1 aliphatic carbocycles. The number of hydrogen-bond donors (Lipinski definition) is 2. The lowest BCUT2D eigenvalue weighted by molar-refractivity contribution is -0.125. The second-order valence-electron chi connectivity index (χ2n) is 10.1. The number of carbonyl (C=O) groups excluding carboxylic acids is 2. The summed E-state index contributed by atoms with van der Waals surface area (Å²) in [6.45, 7) is 5.97. The molecule has 1 saturated carbocycles. The van der Waals surface area contributed by atoms with Crippen LogP contribution in [0.4, 0.5) is 5.69 Å². The molecule has 2 fully saturated rings. The summed E-state index contributed by atoms with van der Waals surface area (Å²) in [5.74, 6) is 0.986. The van der Waals surface area contributed by atoms with Gasteiger partial charge in [-0.1, -0.05) is 19.3 Å². The number of carbonyl (C=O) groups is 2. The van der Waals surface area contributed by atoms with Crippen molar-refractivity contribution < 1.29 is 18.0 Å². The standard InChI is InChI=1S/C25H36N4O4S/c1-17-15-21(26-19(3)30)16-18(2)22(17)9-14-34(32,33)29-12-10-25(11-13-29)24(31)27-23(28-25)20-7-5-4-6-8-20/h15-16,20H,4-14H2,1-3H3,(H,26,30)(H,27,28,31). The minimum atomic E-state index is -3.46. The molecule has 1 aromatic rings. The van der Waals surface area contributed by atoms with E-state index in [1.54, 1.807) is 0 Å². The predicted molar refractivity (Wildman–Crippen MR) is 133 cm³/mol. The van der Waals surface area contributed by atoms with Crippen molar-refractivity contribution in [1.29, 1.82) is 0 Å². The maximum absolute atomic E-state index is 13.1. The van der Waals surface area contributed by atoms with Gasteiger partial charge in [0.2, 0.25) is 15.9 Å². The van der Waals surface area contributed by atoms with Crippen molar-refractivity contribution in [3.8, 4) is 0 Å². The van der Waals surface area contributed by atoms with Crippen LogP contribution in [0.3, 0.4) is 0 Å². The Labute approximate surface area is 202 Å². The van der Waals surface area contributed by atoms with E-state index in [2.05, 4.69) is 10.6 Å². The van der Waals surface area contributed by atoms with Gasteiger partial charge >= 0.3 is 0 Å². The highest BCUT2D eigenvalue weighted by atomic mass is 32.2. The fourth-order valence-electron chi connectivity index (χ4n) is 5.61. The van der Waals surface area contributed by atoms with E-state index in [0.29, 0.717) is 38.3 Å². The van der Waals surface area contributed by atoms with Gasteiger partial charge in [-0.3, -0.25) is 14.6 Å². The van der Waals surface area contributed by atoms with Crippen LogP contribution in [0, 0.1) is 19.8 Å². The second kappa shape index (κ2) is 9.77. The third kappa shape index (κ3) is 5.20. The van der Waals surface area contributed by atoms with Gasteiger partial charge in [0, 0.05) is 31.6 Å². The first-order chi connectivity index (χ1) is 16.1. The monoisotopic (exact) mass is 488 g/mol. The molecule has 1 saturated heterocycles. The Morgan fingerprint density at radius 1 is 1.15 bits per heavy atom. The van der Waals surface area contributed by atoms with Crippen LogP contribution in [0.5, 0.6) is 0 Å². The number of rotatable bonds is 6. The van der Waals surface area contributed by atoms with Gasteiger partial charge in [0.1, 0.15) is 11.4 Å². The number of hydrogen-bond acceptors (Lipinski definition) is 5. The number of nitrogens with zero attached hydrogens (tertiary/aromatic N) is 2. The summed E-state index contributed by atoms with van der Waals surface area (Å²) in [6, 6.07) is 3.75. The quantitative estimate of drug-likeness (QED) is 0.641. The molecular weight excluding hydrogens is 452 g/mol. The molecule has 2 heterocycles. The van der Waals surface area contributed by atoms with E-state index in [-0.39, 0.29) is 17.6 Å². The van der Waals surface area contributed by atoms with E-state index in [4.69, 9.17) is 4.99 Å². The van der Waals surface area contributed by atoms with Gasteiger partial charge in [0.05, 0.1) is 5.75 Å². The average Bonchev–Trinajstić information content (AvgIpc) is 3.09. The molecule has 4 rings (SSSR count). The first kappa shape index (κ1) is 24.9. The molecule has 34 heavy (non-hydrogen) atoms. The normalized spacial score (nSPS) is 21.4. The lowest BCUT2D eigenvalue weighted by Crippen LogP contribution is -2.51. The van der Waals surface area contributed by atoms with E-state index < -0.39 is 15.6 Å². The fourth-order valence-corrected chi connectivity index (χ4v) is 7.07. The molecule has 0 aromatic heterocycles. The predicted octanol–water partition coefficient (Wildman–Crippen LogP) is 3.08. The van der Waals surface area contributed by atoms with Crippen LogP contribution in [-0.2, 0) is 26.0 Å². The zero-order valence-electron chi connectivity index (χ0n) is 20.4. The first-order valence-corrected chi connectivity index (χ1v) is 14.0. The maximum Gasteiger partial charge on any atom is 0.253 e. The van der Waals surface area contributed by atoms with Gasteiger partial charge in [-0.25, -0.2) is 12.7 Å². The fraction of sp³-hybridized carbons (Fsp3) is 0.640. The zero-order chi connectivity index (χ0) is 24.5. The molecule has 9 heteroatoms. The van der Waals surface area contributed by atoms with Crippen LogP contribution in [-0.4, -0.2) is 54.8 Å². The van der Waals surface area contributed by atoms with Crippen LogP contribution < -0.4 is 10.6 Å². The molecule has 8 nitrogen and oxygen atoms in total. The van der Waals surface area contributed by atoms with Crippen molar-refractivity contribution in [1.82, 2.24) is 9.62 Å². The number of aryl methyl sites for hydroxylation is 2. The Kier molecular flexibility index (Phi) is 7.14. The molecule has 2 N–H and O–H groups in total. The van der Waals surface area contributed by atoms with Crippen molar-refractivity contribution in [3.63, 3.8) is 0 Å². The van der Waals surface area contributed by atoms with Gasteiger partial charge in [-0.15, -0.1) is 0 Å². The van der Waals surface area contributed by atoms with Crippen molar-refractivity contribution in [2.45, 2.75) is 77.7 Å². The molecule has 2 aliphatic heterocycles. The third-order valence-electron chi connectivity index (χ3n) is 7.56. The first-order valence-electron chi connectivity index (χ1n) is 12.4. The summed E-state index contributed by atoms with van der Waals surface area (Å²) in [5, 5.41) is 5.81. The highest BCUT2D eigenvalue weighted by Crippen LogP contribution is 2.35. The summed E-state index contributed by atoms with van der Waals surface area (Å²) in [4.78, 5) is 29.0. The number of amides is 2. The summed E-state index contributed by atoms with van der Waals surface area (Å²) >= 11 is 0. The van der Waals surface area contributed by atoms with Crippen LogP contribution in [0.2, 0.25) is 0 Å². The lowest BCUT2D eigenvalue weighted by Gasteiger charge is -2.34. The zero-order valence-corrected chi connectivity index (χ0v) is 21.3. The van der Waals surface area contributed by atoms with Crippen molar-refractivity contribution in [2.75, 3.05) is 24.2 Å². The number of aliphatic imine (C=N–C) groups is 1. The molecule has 186 valence electrons. The molecule has 2 amide bonds. The van der Waals surface area contributed by atoms with Gasteiger partial charge in [-0.05, 0) is 74.8 Å². The number of sulfonamides is 1. The lowest BCUT2D eigenvalue weighted by atomic mass is 9.88. The van der Waals surface area contributed by atoms with Crippen molar-refractivity contribution in [3.05, 3.63) is 28.8 Å². The topological polar surface area (TPSA) is 108 Å². The Bertz CT molecular complexity index is 1070. The van der Waals surface area contributed by atoms with Gasteiger partial charge < -0.3 is 10.6 Å². The highest BCUT2D eigenvalue weighted by molar-refractivity contribution is 7.89. The Morgan fingerprint density at radius 3 is 2.35 bits per heavy atom. The smallest absolute Gasteiger partial charge is 0.253 e. The van der Waals surface area contributed by atoms with Gasteiger partial charge in [0.15, 0.2) is 0 Å². The molecule has 0 bridgehead atoms. The van der Waals surface area contributed by atoms with Gasteiger partial charge in [0.25, 0.3) is 5.91 Å². The molecule has 0 atom stereocenters. The summed E-state index contributed by atoms with van der Waals surface area (Å²) in [6.07, 6.45) is 7.00. The van der Waals surface area contributed by atoms with E-state index >= 15 is 0 Å². The Hall–Kier alpha value is -2.26. The van der Waals surface area contributed by atoms with Gasteiger partial charge in [-0.2, -0.15) is 0 Å². The Morgan fingerprint density at radius 2 is 1.76 bits per heavy atom. The minimum absolute atomic E-state index is 0.0178. The molecular formula is C25H36N4O4S. The Balaban J connectivity index is 1.38. The molecule has 3 aliphatic rings. The number of anilines is 1. The van der Waals surface area contributed by atoms with Crippen LogP contribution >= 0.6 is 0 Å². The molecule has 0 unspecified atom stereocenters. The van der Waals surface area contributed by atoms with Crippen LogP contribution in [0.15, 0.2) is 17.1 Å². The SMILES string of the molecule is CC(=O)Nc1cc(C)c(CCS(=O)(=O)N2CCC3(CC2)N=C(C2CCCCC2)NC3=O)c(C)c1. The number of nitrogens with one attached hydrogen (secondary N) is 2. The number of piperidine rings is 1. The minimum Gasteiger partial charge on any atom is -0.326 e. The summed E-state index contributed by atoms with van der Waals surface area (Å²) in [7, 11) is -3.46. The third-order valence-corrected chi connectivity index (χ3v) is 9.43. The number of benzene rings is 1. The van der Waals surface area contributed by atoms with Crippen LogP contribution in [0.25, 0.3) is 0 Å². The van der Waals surface area contributed by atoms with Crippen molar-refractivity contribution >= 4 is 33.4 Å². The van der Waals surface area contributed by atoms with E-state index in [1.807, 2.05) is 26.0 Å². The second-order valence-corrected chi connectivity index (χ2v) is 12.1. The summed E-state index contributed by atoms with van der Waals surface area (Å²) < 4.78 is 27.8. The summed E-state index contributed by atoms with van der Waals surface area (Å²) in [5.41, 5.74) is 2.83. The largest absolute Gasteiger partial charge is 0.326 e. The van der Waals surface area contributed by atoms with E-state index in [9.17, 15) is 18.0 Å². The molecule has 0 radical (unpaired) electrons. The molecule has 1 aromatic carbocycles. The number of amidine groups is 1. The maximum atomic E-state index is 13.1. The molecule has 1 spiro atoms. The van der Waals surface area contributed by atoms with Crippen molar-refractivity contribution in [2.24, 2.45) is 10.9 Å². The van der Waals surface area contributed by atoms with Crippen LogP contribution in [0.1, 0.15) is 68.6 Å². The average molecular weight is 489 g/mol. The van der Waals surface area contributed by atoms with E-state index in [0.717, 1.165) is 41.1 Å².